The average Bonchev–Trinajstić information content (AvgIpc) is 3.74. The summed E-state index contributed by atoms with van der Waals surface area (Å²) in [5.74, 6) is 0.316. The largest absolute Gasteiger partial charge is 0.340 e. The number of carbonyl (C=O) groups is 2. The van der Waals surface area contributed by atoms with Crippen molar-refractivity contribution in [1.29, 1.82) is 0 Å². The molecule has 7 heteroatoms. The molecule has 4 aliphatic carbocycles. The lowest BCUT2D eigenvalue weighted by Gasteiger charge is -2.33. The predicted molar refractivity (Wildman–Crippen MR) is 133 cm³/mol. The zero-order valence-corrected chi connectivity index (χ0v) is 21.0. The van der Waals surface area contributed by atoms with Gasteiger partial charge in [-0.3, -0.25) is 9.59 Å². The summed E-state index contributed by atoms with van der Waals surface area (Å²) >= 11 is 0. The number of hydrogen-bond acceptors (Lipinski definition) is 4. The number of halogens is 1. The SMILES string of the molecule is CN1CCN(C(=O)CC2(c3ccc(NC(=O)[C@@]45CC4[C@@]5(N)C4CCCCCC4)c(F)c3)CC2)CC1. The van der Waals surface area contributed by atoms with Crippen molar-refractivity contribution in [2.24, 2.45) is 23.0 Å². The number of likely N-dealkylation sites (N-methyl/N-ethyl adjacent to an activating group) is 1. The minimum Gasteiger partial charge on any atom is -0.340 e. The number of fused-ring (bicyclic) bond motifs is 1. The molecule has 5 fully saturated rings. The van der Waals surface area contributed by atoms with Crippen LogP contribution >= 0.6 is 0 Å². The molecule has 190 valence electrons. The lowest BCUT2D eigenvalue weighted by molar-refractivity contribution is -0.133. The third-order valence-corrected chi connectivity index (χ3v) is 10.2. The van der Waals surface area contributed by atoms with E-state index in [1.807, 2.05) is 11.0 Å². The van der Waals surface area contributed by atoms with E-state index in [0.717, 1.165) is 63.8 Å². The maximum Gasteiger partial charge on any atom is 0.232 e. The van der Waals surface area contributed by atoms with Gasteiger partial charge < -0.3 is 20.9 Å². The number of nitrogens with zero attached hydrogens (tertiary/aromatic N) is 2. The molecule has 1 aromatic rings. The topological polar surface area (TPSA) is 78.7 Å². The molecule has 0 aromatic heterocycles. The number of anilines is 1. The van der Waals surface area contributed by atoms with Crippen molar-refractivity contribution in [3.63, 3.8) is 0 Å². The van der Waals surface area contributed by atoms with Gasteiger partial charge in [0.2, 0.25) is 11.8 Å². The normalized spacial score (nSPS) is 34.0. The first-order valence-electron chi connectivity index (χ1n) is 13.7. The van der Waals surface area contributed by atoms with Crippen LogP contribution in [0.25, 0.3) is 0 Å². The molecule has 1 aliphatic heterocycles. The highest BCUT2D eigenvalue weighted by molar-refractivity contribution is 6.03. The molecule has 2 amide bonds. The minimum absolute atomic E-state index is 0.104. The smallest absolute Gasteiger partial charge is 0.232 e. The van der Waals surface area contributed by atoms with E-state index in [2.05, 4.69) is 17.3 Å². The molecule has 0 radical (unpaired) electrons. The Labute approximate surface area is 207 Å². The number of benzene rings is 1. The Morgan fingerprint density at radius 2 is 1.77 bits per heavy atom. The number of amides is 2. The van der Waals surface area contributed by atoms with E-state index in [-0.39, 0.29) is 34.4 Å². The van der Waals surface area contributed by atoms with Gasteiger partial charge in [-0.2, -0.15) is 0 Å². The fourth-order valence-electron chi connectivity index (χ4n) is 7.36. The van der Waals surface area contributed by atoms with Gasteiger partial charge in [0.1, 0.15) is 5.82 Å². The highest BCUT2D eigenvalue weighted by Gasteiger charge is 2.92. The second-order valence-corrected chi connectivity index (χ2v) is 12.1. The van der Waals surface area contributed by atoms with Gasteiger partial charge >= 0.3 is 0 Å². The molecular formula is C28H39FN4O2. The van der Waals surface area contributed by atoms with Crippen LogP contribution in [0.4, 0.5) is 10.1 Å². The fourth-order valence-corrected chi connectivity index (χ4v) is 7.36. The molecule has 35 heavy (non-hydrogen) atoms. The summed E-state index contributed by atoms with van der Waals surface area (Å²) in [7, 11) is 2.07. The maximum atomic E-state index is 15.2. The molecule has 1 saturated heterocycles. The molecule has 1 aromatic carbocycles. The van der Waals surface area contributed by atoms with Crippen molar-refractivity contribution in [3.05, 3.63) is 29.6 Å². The molecular weight excluding hydrogens is 443 g/mol. The van der Waals surface area contributed by atoms with Crippen molar-refractivity contribution in [3.8, 4) is 0 Å². The van der Waals surface area contributed by atoms with E-state index in [0.29, 0.717) is 12.3 Å². The molecule has 6 rings (SSSR count). The van der Waals surface area contributed by atoms with Crippen molar-refractivity contribution < 1.29 is 14.0 Å². The van der Waals surface area contributed by atoms with Gasteiger partial charge in [-0.05, 0) is 68.7 Å². The Hall–Kier alpha value is -1.99. The maximum absolute atomic E-state index is 15.2. The van der Waals surface area contributed by atoms with Crippen LogP contribution in [0.2, 0.25) is 0 Å². The summed E-state index contributed by atoms with van der Waals surface area (Å²) in [4.78, 5) is 30.3. The van der Waals surface area contributed by atoms with Crippen LogP contribution in [0.3, 0.4) is 0 Å². The molecule has 3 N–H and O–H groups in total. The van der Waals surface area contributed by atoms with E-state index in [1.165, 1.54) is 31.7 Å². The second kappa shape index (κ2) is 8.27. The monoisotopic (exact) mass is 482 g/mol. The molecule has 1 heterocycles. The van der Waals surface area contributed by atoms with E-state index in [4.69, 9.17) is 5.73 Å². The van der Waals surface area contributed by atoms with Gasteiger partial charge in [0.25, 0.3) is 0 Å². The molecule has 3 atom stereocenters. The summed E-state index contributed by atoms with van der Waals surface area (Å²) in [5, 5.41) is 2.89. The number of carbonyl (C=O) groups excluding carboxylic acids is 2. The summed E-state index contributed by atoms with van der Waals surface area (Å²) in [6.45, 7) is 3.32. The summed E-state index contributed by atoms with van der Waals surface area (Å²) in [6, 6.07) is 5.12. The number of nitrogens with one attached hydrogen (secondary N) is 1. The first-order chi connectivity index (χ1) is 16.8. The lowest BCUT2D eigenvalue weighted by atomic mass is 9.79. The van der Waals surface area contributed by atoms with Crippen LogP contribution in [0, 0.1) is 23.1 Å². The van der Waals surface area contributed by atoms with Crippen LogP contribution in [0.5, 0.6) is 0 Å². The van der Waals surface area contributed by atoms with Gasteiger partial charge in [0.15, 0.2) is 0 Å². The third-order valence-electron chi connectivity index (χ3n) is 10.2. The number of rotatable bonds is 6. The van der Waals surface area contributed by atoms with Gasteiger partial charge in [0.05, 0.1) is 11.1 Å². The van der Waals surface area contributed by atoms with Gasteiger partial charge in [0, 0.05) is 43.6 Å². The van der Waals surface area contributed by atoms with Crippen LogP contribution in [0.15, 0.2) is 18.2 Å². The summed E-state index contributed by atoms with van der Waals surface area (Å²) in [6.07, 6.45) is 10.2. The zero-order chi connectivity index (χ0) is 24.4. The van der Waals surface area contributed by atoms with Crippen molar-refractivity contribution >= 4 is 17.5 Å². The molecule has 6 nitrogen and oxygen atoms in total. The van der Waals surface area contributed by atoms with Gasteiger partial charge in [-0.15, -0.1) is 0 Å². The Morgan fingerprint density at radius 3 is 2.37 bits per heavy atom. The summed E-state index contributed by atoms with van der Waals surface area (Å²) < 4.78 is 15.2. The Morgan fingerprint density at radius 1 is 1.09 bits per heavy atom. The molecule has 1 unspecified atom stereocenters. The van der Waals surface area contributed by atoms with E-state index < -0.39 is 11.2 Å². The van der Waals surface area contributed by atoms with E-state index in [1.54, 1.807) is 6.07 Å². The second-order valence-electron chi connectivity index (χ2n) is 12.1. The third kappa shape index (κ3) is 3.72. The Bertz CT molecular complexity index is 1030. The Kier molecular flexibility index (Phi) is 5.53. The van der Waals surface area contributed by atoms with E-state index in [9.17, 15) is 9.59 Å². The standard InChI is InChI=1S/C28H39FN4O2/c1-32-12-14-33(15-13-32)24(34)18-26(10-11-26)20-8-9-22(21(29)16-20)31-25(35)27-17-23(27)28(27,30)19-6-4-2-3-5-7-19/h8-9,16,19,23H,2-7,10-15,17-18,30H2,1H3,(H,31,35)/t23?,27-,28+/m1/s1. The molecule has 0 bridgehead atoms. The van der Waals surface area contributed by atoms with Crippen LogP contribution in [-0.4, -0.2) is 60.4 Å². The summed E-state index contributed by atoms with van der Waals surface area (Å²) in [5.41, 5.74) is 6.79. The van der Waals surface area contributed by atoms with Gasteiger partial charge in [-0.1, -0.05) is 31.7 Å². The van der Waals surface area contributed by atoms with Crippen molar-refractivity contribution in [2.75, 3.05) is 38.5 Å². The first kappa shape index (κ1) is 23.4. The first-order valence-corrected chi connectivity index (χ1v) is 13.7. The highest BCUT2D eigenvalue weighted by atomic mass is 19.1. The van der Waals surface area contributed by atoms with Crippen LogP contribution in [0.1, 0.15) is 69.8 Å². The highest BCUT2D eigenvalue weighted by Crippen LogP contribution is 2.84. The molecule has 5 aliphatic rings. The zero-order valence-electron chi connectivity index (χ0n) is 21.0. The predicted octanol–water partition coefficient (Wildman–Crippen LogP) is 3.65. The van der Waals surface area contributed by atoms with Crippen molar-refractivity contribution in [2.45, 2.75) is 75.2 Å². The molecule has 4 saturated carbocycles. The van der Waals surface area contributed by atoms with Crippen LogP contribution in [-0.2, 0) is 15.0 Å². The number of nitrogens with two attached hydrogens (primary N) is 1. The quantitative estimate of drug-likeness (QED) is 0.607. The minimum atomic E-state index is -0.486. The number of piperazine rings is 1. The van der Waals surface area contributed by atoms with Gasteiger partial charge in [-0.25, -0.2) is 4.39 Å². The average molecular weight is 483 g/mol. The van der Waals surface area contributed by atoms with E-state index >= 15 is 4.39 Å². The van der Waals surface area contributed by atoms with Crippen LogP contribution < -0.4 is 11.1 Å². The molecule has 0 spiro atoms. The Balaban J connectivity index is 1.10. The van der Waals surface area contributed by atoms with Crippen molar-refractivity contribution in [1.82, 2.24) is 9.80 Å². The fraction of sp³-hybridized carbons (Fsp3) is 0.714. The number of hydrogen-bond donors (Lipinski definition) is 2. The lowest BCUT2D eigenvalue weighted by Crippen LogP contribution is -2.47.